The second kappa shape index (κ2) is 8.81. The third-order valence-electron chi connectivity index (χ3n) is 4.75. The van der Waals surface area contributed by atoms with E-state index in [1.54, 1.807) is 19.5 Å². The highest BCUT2D eigenvalue weighted by molar-refractivity contribution is 5.93. The Balaban J connectivity index is 1.48. The summed E-state index contributed by atoms with van der Waals surface area (Å²) in [6.07, 6.45) is 4.87. The average Bonchev–Trinajstić information content (AvgIpc) is 2.67. The topological polar surface area (TPSA) is 76.6 Å². The first kappa shape index (κ1) is 19.1. The molecule has 0 radical (unpaired) electrons. The molecular weight excluding hydrogens is 344 g/mol. The maximum atomic E-state index is 12.4. The van der Waals surface area contributed by atoms with Crippen molar-refractivity contribution in [2.75, 3.05) is 32.1 Å². The summed E-state index contributed by atoms with van der Waals surface area (Å²) in [5.74, 6) is 0.835. The van der Waals surface area contributed by atoms with Crippen LogP contribution in [-0.2, 0) is 4.79 Å². The van der Waals surface area contributed by atoms with Crippen LogP contribution in [0.2, 0.25) is 0 Å². The number of ether oxygens (including phenoxy) is 2. The number of carbonyl (C=O) groups excluding carboxylic acids is 1. The van der Waals surface area contributed by atoms with Gasteiger partial charge in [0.15, 0.2) is 0 Å². The van der Waals surface area contributed by atoms with Crippen LogP contribution in [-0.4, -0.2) is 53.6 Å². The van der Waals surface area contributed by atoms with Crippen molar-refractivity contribution in [3.05, 3.63) is 41.7 Å². The SMILES string of the molecule is COc1nccnc1OC1CCN(CC(=O)Nc2c(C)cccc2C)CC1. The average molecular weight is 370 g/mol. The molecule has 0 bridgehead atoms. The largest absolute Gasteiger partial charge is 0.477 e. The zero-order chi connectivity index (χ0) is 19.2. The van der Waals surface area contributed by atoms with Gasteiger partial charge in [0.05, 0.1) is 13.7 Å². The first-order valence-corrected chi connectivity index (χ1v) is 9.17. The van der Waals surface area contributed by atoms with Crippen molar-refractivity contribution >= 4 is 11.6 Å². The summed E-state index contributed by atoms with van der Waals surface area (Å²) in [7, 11) is 1.55. The van der Waals surface area contributed by atoms with Crippen molar-refractivity contribution in [2.24, 2.45) is 0 Å². The van der Waals surface area contributed by atoms with E-state index < -0.39 is 0 Å². The fourth-order valence-electron chi connectivity index (χ4n) is 3.27. The molecule has 1 aromatic carbocycles. The first-order chi connectivity index (χ1) is 13.1. The molecule has 0 spiro atoms. The Bertz CT molecular complexity index is 768. The Labute approximate surface area is 159 Å². The van der Waals surface area contributed by atoms with Crippen LogP contribution >= 0.6 is 0 Å². The molecule has 0 unspecified atom stereocenters. The van der Waals surface area contributed by atoms with Gasteiger partial charge in [0.25, 0.3) is 11.8 Å². The summed E-state index contributed by atoms with van der Waals surface area (Å²) in [4.78, 5) is 22.9. The maximum Gasteiger partial charge on any atom is 0.278 e. The minimum Gasteiger partial charge on any atom is -0.477 e. The Kier molecular flexibility index (Phi) is 6.24. The Morgan fingerprint density at radius 1 is 1.15 bits per heavy atom. The zero-order valence-corrected chi connectivity index (χ0v) is 16.1. The van der Waals surface area contributed by atoms with Crippen LogP contribution in [0.5, 0.6) is 11.8 Å². The van der Waals surface area contributed by atoms with Crippen molar-refractivity contribution in [3.63, 3.8) is 0 Å². The van der Waals surface area contributed by atoms with Crippen LogP contribution in [0.1, 0.15) is 24.0 Å². The molecule has 2 aromatic rings. The zero-order valence-electron chi connectivity index (χ0n) is 16.1. The predicted molar refractivity (Wildman–Crippen MR) is 103 cm³/mol. The molecule has 1 aromatic heterocycles. The molecule has 1 amide bonds. The number of aromatic nitrogens is 2. The summed E-state index contributed by atoms with van der Waals surface area (Å²) in [6.45, 7) is 5.99. The van der Waals surface area contributed by atoms with Crippen LogP contribution in [0.3, 0.4) is 0 Å². The molecule has 0 saturated carbocycles. The van der Waals surface area contributed by atoms with Crippen LogP contribution < -0.4 is 14.8 Å². The molecular formula is C20H26N4O3. The van der Waals surface area contributed by atoms with E-state index in [1.807, 2.05) is 32.0 Å². The number of anilines is 1. The number of hydrogen-bond acceptors (Lipinski definition) is 6. The monoisotopic (exact) mass is 370 g/mol. The number of nitrogens with zero attached hydrogens (tertiary/aromatic N) is 3. The molecule has 0 atom stereocenters. The van der Waals surface area contributed by atoms with E-state index in [0.29, 0.717) is 18.3 Å². The van der Waals surface area contributed by atoms with Crippen LogP contribution in [0.15, 0.2) is 30.6 Å². The molecule has 2 heterocycles. The number of para-hydroxylation sites is 1. The molecule has 7 heteroatoms. The third kappa shape index (κ3) is 4.95. The van der Waals surface area contributed by atoms with Gasteiger partial charge >= 0.3 is 0 Å². The molecule has 3 rings (SSSR count). The second-order valence-electron chi connectivity index (χ2n) is 6.78. The van der Waals surface area contributed by atoms with Gasteiger partial charge in [-0.3, -0.25) is 9.69 Å². The normalized spacial score (nSPS) is 15.4. The molecule has 144 valence electrons. The standard InChI is InChI=1S/C20H26N4O3/c1-14-5-4-6-15(2)18(14)23-17(25)13-24-11-7-16(8-12-24)27-20-19(26-3)21-9-10-22-20/h4-6,9-10,16H,7-8,11-13H2,1-3H3,(H,23,25). The number of rotatable bonds is 6. The number of likely N-dealkylation sites (tertiary alicyclic amines) is 1. The molecule has 1 N–H and O–H groups in total. The van der Waals surface area contributed by atoms with Gasteiger partial charge < -0.3 is 14.8 Å². The lowest BCUT2D eigenvalue weighted by Crippen LogP contribution is -2.42. The lowest BCUT2D eigenvalue weighted by atomic mass is 10.1. The molecule has 1 fully saturated rings. The van der Waals surface area contributed by atoms with Gasteiger partial charge in [-0.25, -0.2) is 9.97 Å². The predicted octanol–water partition coefficient (Wildman–Crippen LogP) is 2.58. The lowest BCUT2D eigenvalue weighted by Gasteiger charge is -2.31. The van der Waals surface area contributed by atoms with Crippen molar-refractivity contribution in [3.8, 4) is 11.8 Å². The van der Waals surface area contributed by atoms with Crippen molar-refractivity contribution < 1.29 is 14.3 Å². The number of piperidine rings is 1. The minimum atomic E-state index is 0.0161. The summed E-state index contributed by atoms with van der Waals surface area (Å²) < 4.78 is 11.1. The fraction of sp³-hybridized carbons (Fsp3) is 0.450. The molecule has 0 aliphatic carbocycles. The Hall–Kier alpha value is -2.67. The number of nitrogens with one attached hydrogen (secondary N) is 1. The summed E-state index contributed by atoms with van der Waals surface area (Å²) in [6, 6.07) is 6.01. The highest BCUT2D eigenvalue weighted by Gasteiger charge is 2.24. The summed E-state index contributed by atoms with van der Waals surface area (Å²) in [5, 5.41) is 3.05. The van der Waals surface area contributed by atoms with Gasteiger partial charge in [-0.05, 0) is 37.8 Å². The highest BCUT2D eigenvalue weighted by Crippen LogP contribution is 2.24. The molecule has 7 nitrogen and oxygen atoms in total. The van der Waals surface area contributed by atoms with E-state index in [4.69, 9.17) is 9.47 Å². The van der Waals surface area contributed by atoms with Crippen LogP contribution in [0.4, 0.5) is 5.69 Å². The van der Waals surface area contributed by atoms with Gasteiger partial charge in [0.1, 0.15) is 6.10 Å². The smallest absolute Gasteiger partial charge is 0.278 e. The van der Waals surface area contributed by atoms with E-state index in [1.165, 1.54) is 0 Å². The van der Waals surface area contributed by atoms with Gasteiger partial charge in [0.2, 0.25) is 5.91 Å². The Morgan fingerprint density at radius 2 is 1.78 bits per heavy atom. The molecule has 1 aliphatic heterocycles. The lowest BCUT2D eigenvalue weighted by molar-refractivity contribution is -0.117. The van der Waals surface area contributed by atoms with Gasteiger partial charge in [-0.1, -0.05) is 18.2 Å². The van der Waals surface area contributed by atoms with Crippen molar-refractivity contribution in [1.29, 1.82) is 0 Å². The molecule has 27 heavy (non-hydrogen) atoms. The van der Waals surface area contributed by atoms with Gasteiger partial charge in [-0.15, -0.1) is 0 Å². The van der Waals surface area contributed by atoms with Crippen molar-refractivity contribution in [2.45, 2.75) is 32.8 Å². The van der Waals surface area contributed by atoms with E-state index in [0.717, 1.165) is 42.7 Å². The summed E-state index contributed by atoms with van der Waals surface area (Å²) in [5.41, 5.74) is 3.07. The number of methoxy groups -OCH3 is 1. The second-order valence-corrected chi connectivity index (χ2v) is 6.78. The van der Waals surface area contributed by atoms with E-state index in [2.05, 4.69) is 20.2 Å². The van der Waals surface area contributed by atoms with E-state index in [-0.39, 0.29) is 12.0 Å². The fourth-order valence-corrected chi connectivity index (χ4v) is 3.27. The van der Waals surface area contributed by atoms with Gasteiger partial charge in [0, 0.05) is 31.2 Å². The molecule has 1 aliphatic rings. The first-order valence-electron chi connectivity index (χ1n) is 9.17. The number of aryl methyl sites for hydroxylation is 2. The van der Waals surface area contributed by atoms with Crippen molar-refractivity contribution in [1.82, 2.24) is 14.9 Å². The number of amides is 1. The third-order valence-corrected chi connectivity index (χ3v) is 4.75. The Morgan fingerprint density at radius 3 is 2.41 bits per heavy atom. The van der Waals surface area contributed by atoms with Crippen LogP contribution in [0.25, 0.3) is 0 Å². The minimum absolute atomic E-state index is 0.0161. The summed E-state index contributed by atoms with van der Waals surface area (Å²) >= 11 is 0. The number of carbonyl (C=O) groups is 1. The van der Waals surface area contributed by atoms with E-state index in [9.17, 15) is 4.79 Å². The number of hydrogen-bond donors (Lipinski definition) is 1. The van der Waals surface area contributed by atoms with E-state index >= 15 is 0 Å². The maximum absolute atomic E-state index is 12.4. The van der Waals surface area contributed by atoms with Gasteiger partial charge in [-0.2, -0.15) is 0 Å². The number of benzene rings is 1. The van der Waals surface area contributed by atoms with Crippen LogP contribution in [0, 0.1) is 13.8 Å². The molecule has 1 saturated heterocycles. The highest BCUT2D eigenvalue weighted by atomic mass is 16.5. The quantitative estimate of drug-likeness (QED) is 0.842.